The van der Waals surface area contributed by atoms with Crippen LogP contribution in [-0.4, -0.2) is 50.1 Å². The monoisotopic (exact) mass is 421 g/mol. The molecule has 0 aromatic heterocycles. The average Bonchev–Trinajstić information content (AvgIpc) is 2.76. The highest BCUT2D eigenvalue weighted by molar-refractivity contribution is 5.81. The maximum absolute atomic E-state index is 13.0. The number of carbonyl (C=O) groups is 1. The Morgan fingerprint density at radius 3 is 2.47 bits per heavy atom. The second-order valence-corrected chi connectivity index (χ2v) is 7.28. The third kappa shape index (κ3) is 5.24. The number of carbonyl (C=O) groups excluding carboxylic acids is 1. The van der Waals surface area contributed by atoms with E-state index in [-0.39, 0.29) is 11.9 Å². The van der Waals surface area contributed by atoms with Gasteiger partial charge in [0, 0.05) is 44.0 Å². The number of rotatable bonds is 6. The zero-order valence-corrected chi connectivity index (χ0v) is 17.1. The second-order valence-electron chi connectivity index (χ2n) is 7.28. The summed E-state index contributed by atoms with van der Waals surface area (Å²) in [6.07, 6.45) is -4.36. The average molecular weight is 421 g/mol. The van der Waals surface area contributed by atoms with E-state index in [0.717, 1.165) is 17.4 Å². The summed E-state index contributed by atoms with van der Waals surface area (Å²) in [6.45, 7) is 4.53. The number of para-hydroxylation sites is 1. The van der Waals surface area contributed by atoms with Crippen LogP contribution < -0.4 is 15.0 Å². The highest BCUT2D eigenvalue weighted by Gasteiger charge is 2.31. The number of ether oxygens (including phenoxy) is 1. The van der Waals surface area contributed by atoms with Crippen molar-refractivity contribution < 1.29 is 22.7 Å². The van der Waals surface area contributed by atoms with E-state index in [0.29, 0.717) is 38.4 Å². The topological polar surface area (TPSA) is 44.8 Å². The highest BCUT2D eigenvalue weighted by atomic mass is 19.4. The van der Waals surface area contributed by atoms with Crippen LogP contribution in [0.5, 0.6) is 5.75 Å². The van der Waals surface area contributed by atoms with Gasteiger partial charge in [0.2, 0.25) is 5.91 Å². The quantitative estimate of drug-likeness (QED) is 0.775. The molecule has 162 valence electrons. The van der Waals surface area contributed by atoms with Crippen molar-refractivity contribution in [1.29, 1.82) is 0 Å². The third-order valence-electron chi connectivity index (χ3n) is 5.43. The lowest BCUT2D eigenvalue weighted by Crippen LogP contribution is -2.53. The summed E-state index contributed by atoms with van der Waals surface area (Å²) in [7, 11) is 1.59. The van der Waals surface area contributed by atoms with E-state index in [1.165, 1.54) is 12.1 Å². The lowest BCUT2D eigenvalue weighted by Gasteiger charge is -2.38. The van der Waals surface area contributed by atoms with Crippen LogP contribution in [0, 0.1) is 0 Å². The number of methoxy groups -OCH3 is 1. The third-order valence-corrected chi connectivity index (χ3v) is 5.43. The predicted octanol–water partition coefficient (Wildman–Crippen LogP) is 3.54. The Bertz CT molecular complexity index is 865. The standard InChI is InChI=1S/C22H26F3N3O2/c1-16(21(29)26-15-17-6-3-4-9-20(17)30-2)27-10-12-28(13-11-27)19-8-5-7-18(14-19)22(23,24)25/h3-9,14,16H,10-13,15H2,1-2H3,(H,26,29)/t16-/m1/s1. The van der Waals surface area contributed by atoms with Crippen molar-refractivity contribution in [3.63, 3.8) is 0 Å². The van der Waals surface area contributed by atoms with E-state index in [1.54, 1.807) is 13.2 Å². The van der Waals surface area contributed by atoms with Gasteiger partial charge in [0.1, 0.15) is 5.75 Å². The maximum atomic E-state index is 13.0. The zero-order valence-electron chi connectivity index (χ0n) is 17.1. The molecule has 0 aliphatic carbocycles. The Morgan fingerprint density at radius 2 is 1.80 bits per heavy atom. The molecule has 30 heavy (non-hydrogen) atoms. The molecule has 3 rings (SSSR count). The molecule has 1 heterocycles. The van der Waals surface area contributed by atoms with E-state index in [2.05, 4.69) is 5.32 Å². The van der Waals surface area contributed by atoms with Crippen molar-refractivity contribution in [2.45, 2.75) is 25.7 Å². The molecule has 2 aromatic rings. The highest BCUT2D eigenvalue weighted by Crippen LogP contribution is 2.32. The van der Waals surface area contributed by atoms with Crippen molar-refractivity contribution in [2.24, 2.45) is 0 Å². The van der Waals surface area contributed by atoms with Crippen LogP contribution in [0.3, 0.4) is 0 Å². The smallest absolute Gasteiger partial charge is 0.416 e. The number of nitrogens with one attached hydrogen (secondary N) is 1. The van der Waals surface area contributed by atoms with E-state index in [1.807, 2.05) is 41.0 Å². The number of hydrogen-bond donors (Lipinski definition) is 1. The Kier molecular flexibility index (Phi) is 6.87. The minimum absolute atomic E-state index is 0.0894. The molecular weight excluding hydrogens is 395 g/mol. The lowest BCUT2D eigenvalue weighted by molar-refractivity contribution is -0.137. The van der Waals surface area contributed by atoms with Crippen molar-refractivity contribution in [1.82, 2.24) is 10.2 Å². The molecule has 0 bridgehead atoms. The van der Waals surface area contributed by atoms with Gasteiger partial charge in [-0.2, -0.15) is 13.2 Å². The van der Waals surface area contributed by atoms with Crippen molar-refractivity contribution >= 4 is 11.6 Å². The summed E-state index contributed by atoms with van der Waals surface area (Å²) < 4.78 is 44.2. The first-order valence-electron chi connectivity index (χ1n) is 9.85. The molecule has 1 fully saturated rings. The number of piperazine rings is 1. The number of benzene rings is 2. The van der Waals surface area contributed by atoms with Crippen LogP contribution in [0.1, 0.15) is 18.1 Å². The van der Waals surface area contributed by atoms with Gasteiger partial charge in [-0.05, 0) is 31.2 Å². The van der Waals surface area contributed by atoms with Crippen molar-refractivity contribution in [2.75, 3.05) is 38.2 Å². The first-order valence-corrected chi connectivity index (χ1v) is 9.85. The number of halogens is 3. The van der Waals surface area contributed by atoms with Gasteiger partial charge in [0.05, 0.1) is 18.7 Å². The van der Waals surface area contributed by atoms with Crippen LogP contribution in [0.2, 0.25) is 0 Å². The fourth-order valence-electron chi connectivity index (χ4n) is 3.59. The molecule has 1 amide bonds. The number of hydrogen-bond acceptors (Lipinski definition) is 4. The summed E-state index contributed by atoms with van der Waals surface area (Å²) in [6, 6.07) is 12.6. The van der Waals surface area contributed by atoms with Crippen molar-refractivity contribution in [3.05, 3.63) is 59.7 Å². The van der Waals surface area contributed by atoms with Crippen LogP contribution in [0.15, 0.2) is 48.5 Å². The van der Waals surface area contributed by atoms with Gasteiger partial charge in [-0.3, -0.25) is 9.69 Å². The van der Waals surface area contributed by atoms with Gasteiger partial charge in [0.25, 0.3) is 0 Å². The zero-order chi connectivity index (χ0) is 21.7. The summed E-state index contributed by atoms with van der Waals surface area (Å²) >= 11 is 0. The Hall–Kier alpha value is -2.74. The van der Waals surface area contributed by atoms with Gasteiger partial charge >= 0.3 is 6.18 Å². The van der Waals surface area contributed by atoms with Crippen LogP contribution in [0.4, 0.5) is 18.9 Å². The fraction of sp³-hybridized carbons (Fsp3) is 0.409. The minimum atomic E-state index is -4.36. The van der Waals surface area contributed by atoms with Gasteiger partial charge in [-0.1, -0.05) is 24.3 Å². The van der Waals surface area contributed by atoms with Crippen LogP contribution in [0.25, 0.3) is 0 Å². The molecule has 1 aliphatic rings. The number of nitrogens with zero attached hydrogens (tertiary/aromatic N) is 2. The first kappa shape index (κ1) is 22.0. The minimum Gasteiger partial charge on any atom is -0.496 e. The SMILES string of the molecule is COc1ccccc1CNC(=O)[C@@H](C)N1CCN(c2cccc(C(F)(F)F)c2)CC1. The Balaban J connectivity index is 1.53. The summed E-state index contributed by atoms with van der Waals surface area (Å²) in [5.74, 6) is 0.633. The number of anilines is 1. The number of alkyl halides is 3. The molecule has 2 aromatic carbocycles. The molecule has 0 unspecified atom stereocenters. The molecule has 1 N–H and O–H groups in total. The molecule has 5 nitrogen and oxygen atoms in total. The molecule has 8 heteroatoms. The van der Waals surface area contributed by atoms with E-state index in [9.17, 15) is 18.0 Å². The van der Waals surface area contributed by atoms with Gasteiger partial charge < -0.3 is 15.0 Å². The largest absolute Gasteiger partial charge is 0.496 e. The molecule has 0 radical (unpaired) electrons. The van der Waals surface area contributed by atoms with Crippen LogP contribution >= 0.6 is 0 Å². The fourth-order valence-corrected chi connectivity index (χ4v) is 3.59. The summed E-state index contributed by atoms with van der Waals surface area (Å²) in [5.41, 5.74) is 0.805. The van der Waals surface area contributed by atoms with Gasteiger partial charge in [-0.25, -0.2) is 0 Å². The van der Waals surface area contributed by atoms with Crippen LogP contribution in [-0.2, 0) is 17.5 Å². The van der Waals surface area contributed by atoms with Crippen molar-refractivity contribution in [3.8, 4) is 5.75 Å². The number of amides is 1. The maximum Gasteiger partial charge on any atom is 0.416 e. The summed E-state index contributed by atoms with van der Waals surface area (Å²) in [4.78, 5) is 16.6. The second kappa shape index (κ2) is 9.38. The van der Waals surface area contributed by atoms with E-state index >= 15 is 0 Å². The van der Waals surface area contributed by atoms with Gasteiger partial charge in [0.15, 0.2) is 0 Å². The predicted molar refractivity (Wildman–Crippen MR) is 110 cm³/mol. The molecular formula is C22H26F3N3O2. The normalized spacial score (nSPS) is 16.2. The Morgan fingerprint density at radius 1 is 1.10 bits per heavy atom. The molecule has 0 saturated carbocycles. The molecule has 1 saturated heterocycles. The van der Waals surface area contributed by atoms with Gasteiger partial charge in [-0.15, -0.1) is 0 Å². The van der Waals surface area contributed by atoms with E-state index < -0.39 is 11.7 Å². The molecule has 1 aliphatic heterocycles. The summed E-state index contributed by atoms with van der Waals surface area (Å²) in [5, 5.41) is 2.94. The molecule has 1 atom stereocenters. The lowest BCUT2D eigenvalue weighted by atomic mass is 10.1. The Labute approximate surface area is 174 Å². The first-order chi connectivity index (χ1) is 14.3. The molecule has 0 spiro atoms. The van der Waals surface area contributed by atoms with E-state index in [4.69, 9.17) is 4.74 Å².